The van der Waals surface area contributed by atoms with Crippen molar-refractivity contribution in [3.05, 3.63) is 63.9 Å². The predicted octanol–water partition coefficient (Wildman–Crippen LogP) is 3.21. The largest absolute Gasteiger partial charge is 0.481 e. The van der Waals surface area contributed by atoms with Crippen LogP contribution in [0.4, 0.5) is 4.39 Å². The number of nitrogens with zero attached hydrogens (tertiary/aromatic N) is 3. The van der Waals surface area contributed by atoms with Gasteiger partial charge in [0, 0.05) is 36.7 Å². The number of halogens is 1. The number of carbonyl (C=O) groups is 1. The van der Waals surface area contributed by atoms with E-state index in [2.05, 4.69) is 15.0 Å². The third-order valence-electron chi connectivity index (χ3n) is 5.08. The zero-order chi connectivity index (χ0) is 21.1. The summed E-state index contributed by atoms with van der Waals surface area (Å²) in [6.07, 6.45) is 2.40. The van der Waals surface area contributed by atoms with Crippen LogP contribution in [0, 0.1) is 5.82 Å². The van der Waals surface area contributed by atoms with Gasteiger partial charge in [0.25, 0.3) is 11.5 Å². The average molecular weight is 428 g/mol. The van der Waals surface area contributed by atoms with Crippen LogP contribution >= 0.6 is 11.3 Å². The second kappa shape index (κ2) is 8.74. The lowest BCUT2D eigenvalue weighted by molar-refractivity contribution is -0.139. The van der Waals surface area contributed by atoms with Gasteiger partial charge in [-0.2, -0.15) is 0 Å². The van der Waals surface area contributed by atoms with Crippen LogP contribution in [0.1, 0.15) is 31.5 Å². The van der Waals surface area contributed by atoms with Crippen molar-refractivity contribution >= 4 is 17.2 Å². The minimum Gasteiger partial charge on any atom is -0.481 e. The molecule has 0 radical (unpaired) electrons. The first kappa shape index (κ1) is 20.2. The summed E-state index contributed by atoms with van der Waals surface area (Å²) in [5.41, 5.74) is 0.369. The molecule has 1 aliphatic heterocycles. The first-order chi connectivity index (χ1) is 14.5. The highest BCUT2D eigenvalue weighted by atomic mass is 32.1. The number of ether oxygens (including phenoxy) is 1. The van der Waals surface area contributed by atoms with Crippen molar-refractivity contribution in [1.29, 1.82) is 0 Å². The lowest BCUT2D eigenvalue weighted by atomic mass is 9.95. The maximum atomic E-state index is 13.0. The number of rotatable bonds is 5. The van der Waals surface area contributed by atoms with Gasteiger partial charge in [-0.1, -0.05) is 0 Å². The maximum absolute atomic E-state index is 13.0. The van der Waals surface area contributed by atoms with Crippen molar-refractivity contribution in [1.82, 2.24) is 19.9 Å². The second-order valence-corrected chi connectivity index (χ2v) is 8.06. The molecule has 1 aromatic carbocycles. The molecule has 0 aliphatic carbocycles. The Morgan fingerprint density at radius 3 is 2.70 bits per heavy atom. The van der Waals surface area contributed by atoms with Crippen LogP contribution in [0.15, 0.2) is 46.7 Å². The van der Waals surface area contributed by atoms with Gasteiger partial charge in [-0.15, -0.1) is 11.3 Å². The Labute approximate surface area is 176 Å². The van der Waals surface area contributed by atoms with E-state index in [1.807, 2.05) is 5.38 Å². The lowest BCUT2D eigenvalue weighted by Gasteiger charge is -2.33. The molecule has 1 amide bonds. The van der Waals surface area contributed by atoms with Crippen LogP contribution in [0.5, 0.6) is 5.75 Å². The number of hydrogen-bond acceptors (Lipinski definition) is 6. The van der Waals surface area contributed by atoms with Crippen molar-refractivity contribution in [3.63, 3.8) is 0 Å². The minimum absolute atomic E-state index is 0.0648. The number of H-pyrrole nitrogens is 1. The van der Waals surface area contributed by atoms with Gasteiger partial charge in [0.1, 0.15) is 28.1 Å². The number of hydrogen-bond donors (Lipinski definition) is 1. The second-order valence-electron chi connectivity index (χ2n) is 7.17. The van der Waals surface area contributed by atoms with Gasteiger partial charge < -0.3 is 14.6 Å². The van der Waals surface area contributed by atoms with Crippen molar-refractivity contribution in [3.8, 4) is 16.5 Å². The normalized spacial score (nSPS) is 15.7. The van der Waals surface area contributed by atoms with Gasteiger partial charge in [-0.3, -0.25) is 9.59 Å². The molecule has 1 fully saturated rings. The fourth-order valence-corrected chi connectivity index (χ4v) is 4.13. The molecule has 30 heavy (non-hydrogen) atoms. The molecule has 0 spiro atoms. The molecule has 7 nitrogen and oxygen atoms in total. The van der Waals surface area contributed by atoms with Gasteiger partial charge in [0.15, 0.2) is 6.10 Å². The molecular formula is C21H21FN4O3S. The van der Waals surface area contributed by atoms with Crippen molar-refractivity contribution in [2.24, 2.45) is 0 Å². The Morgan fingerprint density at radius 1 is 1.30 bits per heavy atom. The molecule has 3 aromatic rings. The predicted molar refractivity (Wildman–Crippen MR) is 111 cm³/mol. The Kier molecular flexibility index (Phi) is 5.89. The van der Waals surface area contributed by atoms with E-state index < -0.39 is 6.10 Å². The van der Waals surface area contributed by atoms with Crippen LogP contribution in [-0.4, -0.2) is 45.0 Å². The van der Waals surface area contributed by atoms with E-state index in [4.69, 9.17) is 4.74 Å². The highest BCUT2D eigenvalue weighted by Gasteiger charge is 2.29. The number of nitrogens with one attached hydrogen (secondary N) is 1. The smallest absolute Gasteiger partial charge is 0.263 e. The van der Waals surface area contributed by atoms with Crippen molar-refractivity contribution in [2.45, 2.75) is 31.8 Å². The minimum atomic E-state index is -0.668. The van der Waals surface area contributed by atoms with Gasteiger partial charge in [-0.25, -0.2) is 14.4 Å². The van der Waals surface area contributed by atoms with Crippen LogP contribution < -0.4 is 10.3 Å². The van der Waals surface area contributed by atoms with Gasteiger partial charge in [0.05, 0.1) is 0 Å². The summed E-state index contributed by atoms with van der Waals surface area (Å²) in [6, 6.07) is 7.05. The molecule has 1 aliphatic rings. The quantitative estimate of drug-likeness (QED) is 0.674. The highest BCUT2D eigenvalue weighted by molar-refractivity contribution is 7.13. The van der Waals surface area contributed by atoms with Crippen LogP contribution in [0.3, 0.4) is 0 Å². The van der Waals surface area contributed by atoms with Crippen LogP contribution in [0.2, 0.25) is 0 Å². The van der Waals surface area contributed by atoms with Gasteiger partial charge in [0.2, 0.25) is 0 Å². The Balaban J connectivity index is 1.38. The summed E-state index contributed by atoms with van der Waals surface area (Å²) in [5.74, 6) is 0.683. The summed E-state index contributed by atoms with van der Waals surface area (Å²) in [4.78, 5) is 38.2. The number of aromatic nitrogens is 3. The number of amides is 1. The average Bonchev–Trinajstić information content (AvgIpc) is 3.29. The van der Waals surface area contributed by atoms with E-state index in [-0.39, 0.29) is 23.2 Å². The Hall–Kier alpha value is -3.07. The molecule has 156 valence electrons. The maximum Gasteiger partial charge on any atom is 0.263 e. The van der Waals surface area contributed by atoms with E-state index >= 15 is 0 Å². The molecule has 1 atom stereocenters. The van der Waals surface area contributed by atoms with Gasteiger partial charge >= 0.3 is 0 Å². The number of likely N-dealkylation sites (tertiary alicyclic amines) is 1. The Morgan fingerprint density at radius 2 is 2.03 bits per heavy atom. The van der Waals surface area contributed by atoms with Crippen LogP contribution in [0.25, 0.3) is 10.7 Å². The standard InChI is InChI=1S/C21H21FN4O3S/c1-13(29-16-4-2-15(22)3-5-16)21(28)26-9-6-14(7-10-26)19-24-17(12-18(27)25-19)20-23-8-11-30-20/h2-5,8,11-14H,6-7,9-10H2,1H3,(H,24,25,27)/t13-/m0/s1. The monoisotopic (exact) mass is 428 g/mol. The van der Waals surface area contributed by atoms with Crippen molar-refractivity contribution in [2.75, 3.05) is 13.1 Å². The molecule has 1 N–H and O–H groups in total. The van der Waals surface area contributed by atoms with E-state index in [0.717, 1.165) is 0 Å². The lowest BCUT2D eigenvalue weighted by Crippen LogP contribution is -2.44. The third kappa shape index (κ3) is 4.56. The Bertz CT molecular complexity index is 1060. The first-order valence-electron chi connectivity index (χ1n) is 9.72. The molecule has 2 aromatic heterocycles. The van der Waals surface area contributed by atoms with E-state index in [0.29, 0.717) is 48.2 Å². The fourth-order valence-electron chi connectivity index (χ4n) is 3.53. The molecular weight excluding hydrogens is 407 g/mol. The summed E-state index contributed by atoms with van der Waals surface area (Å²) in [7, 11) is 0. The van der Waals surface area contributed by atoms with Crippen LogP contribution in [-0.2, 0) is 4.79 Å². The number of benzene rings is 1. The van der Waals surface area contributed by atoms with E-state index in [9.17, 15) is 14.0 Å². The number of carbonyl (C=O) groups excluding carboxylic acids is 1. The van der Waals surface area contributed by atoms with Crippen molar-refractivity contribution < 1.29 is 13.9 Å². The SMILES string of the molecule is C[C@H](Oc1ccc(F)cc1)C(=O)N1CCC(c2nc(-c3nccs3)cc(=O)[nH]2)CC1. The number of piperidine rings is 1. The van der Waals surface area contributed by atoms with Gasteiger partial charge in [-0.05, 0) is 44.0 Å². The third-order valence-corrected chi connectivity index (χ3v) is 5.87. The number of thiazole rings is 1. The first-order valence-corrected chi connectivity index (χ1v) is 10.6. The fraction of sp³-hybridized carbons (Fsp3) is 0.333. The summed E-state index contributed by atoms with van der Waals surface area (Å²) in [5, 5.41) is 2.55. The van der Waals surface area contributed by atoms with E-state index in [1.54, 1.807) is 18.0 Å². The zero-order valence-corrected chi connectivity index (χ0v) is 17.2. The topological polar surface area (TPSA) is 88.2 Å². The number of aromatic amines is 1. The molecule has 0 saturated carbocycles. The molecule has 1 saturated heterocycles. The molecule has 0 unspecified atom stereocenters. The zero-order valence-electron chi connectivity index (χ0n) is 16.4. The van der Waals surface area contributed by atoms with E-state index in [1.165, 1.54) is 41.7 Å². The molecule has 0 bridgehead atoms. The highest BCUT2D eigenvalue weighted by Crippen LogP contribution is 2.27. The molecule has 4 rings (SSSR count). The summed E-state index contributed by atoms with van der Waals surface area (Å²) in [6.45, 7) is 2.78. The summed E-state index contributed by atoms with van der Waals surface area (Å²) < 4.78 is 18.7. The molecule has 9 heteroatoms. The molecule has 3 heterocycles. The summed E-state index contributed by atoms with van der Waals surface area (Å²) >= 11 is 1.44.